The molecule has 0 amide bonds. The molecule has 12 nitrogen and oxygen atoms in total. The molecule has 0 aromatic heterocycles. The molecule has 0 rings (SSSR count). The van der Waals surface area contributed by atoms with E-state index >= 15 is 0 Å². The molecule has 0 saturated carbocycles. The van der Waals surface area contributed by atoms with Gasteiger partial charge >= 0.3 is 19.8 Å². The second-order valence-corrected chi connectivity index (χ2v) is 20.7. The third kappa shape index (κ3) is 37.2. The number of hydrogen-bond donors (Lipinski definition) is 0. The number of hydrogen-bond acceptors (Lipinski definition) is 13. The maximum Gasteiger partial charge on any atom is 0.475 e. The van der Waals surface area contributed by atoms with Crippen LogP contribution in [0.4, 0.5) is 0 Å². The van der Waals surface area contributed by atoms with E-state index in [4.69, 9.17) is 23.0 Å². The minimum Gasteiger partial charge on any atom is -0.550 e. The van der Waals surface area contributed by atoms with E-state index in [-0.39, 0.29) is 57.4 Å². The summed E-state index contributed by atoms with van der Waals surface area (Å²) in [5.41, 5.74) is 0. The zero-order chi connectivity index (χ0) is 44.0. The molecule has 0 aromatic rings. The molecule has 0 spiro atoms. The summed E-state index contributed by atoms with van der Waals surface area (Å²) in [6, 6.07) is 0. The molecule has 0 radical (unpaired) electrons. The Balaban J connectivity index is 5.00. The summed E-state index contributed by atoms with van der Waals surface area (Å²) in [5, 5.41) is 10.3. The maximum absolute atomic E-state index is 13.6. The van der Waals surface area contributed by atoms with Crippen LogP contribution in [0, 0.1) is 0 Å². The molecule has 0 fully saturated rings. The molecule has 0 saturated heterocycles. The zero-order valence-corrected chi connectivity index (χ0v) is 40.5. The van der Waals surface area contributed by atoms with Gasteiger partial charge < -0.3 is 23.9 Å². The summed E-state index contributed by atoms with van der Waals surface area (Å²) in [5.74, 6) is -1.62. The Morgan fingerprint density at radius 3 is 1.56 bits per heavy atom. The largest absolute Gasteiger partial charge is 0.550 e. The number of likely N-dealkylation sites (N-methyl/N-ethyl adjacent to an activating group) is 1. The number of esters is 2. The first-order valence-electron chi connectivity index (χ1n) is 23.0. The number of carbonyl (C=O) groups is 4. The maximum atomic E-state index is 13.6. The Morgan fingerprint density at radius 1 is 0.627 bits per heavy atom. The monoisotopic (exact) mass is 898 g/mol. The first-order valence-corrected chi connectivity index (χ1v) is 26.8. The van der Waals surface area contributed by atoms with Gasteiger partial charge in [0.25, 0.3) is 0 Å². The van der Waals surface area contributed by atoms with Gasteiger partial charge in [0.1, 0.15) is 25.5 Å². The number of unbranched alkanes of at least 4 members (excludes halogenated alkanes) is 20. The standard InChI is InChI=1S/C44H84NO11PS2/c1-7-10-12-14-16-18-20-22-24-26-28-30-43(49)52-37-40(56-44(50)31-29-27-25-23-21-19-17-15-13-11-8-2)38-55-57(51,53-9-3)54-34-32-45(5,6)33-35-58-59-41(39(4)46)36-42(47)48/h40-41H,7-38H2,1-6H3. The third-order valence-electron chi connectivity index (χ3n) is 10.1. The van der Waals surface area contributed by atoms with E-state index in [2.05, 4.69) is 13.8 Å². The topological polar surface area (TPSA) is 155 Å². The molecule has 0 aliphatic rings. The van der Waals surface area contributed by atoms with Crippen molar-refractivity contribution in [3.63, 3.8) is 0 Å². The average molecular weight is 898 g/mol. The predicted octanol–water partition coefficient (Wildman–Crippen LogP) is 10.6. The van der Waals surface area contributed by atoms with Crippen LogP contribution in [0.15, 0.2) is 0 Å². The fourth-order valence-corrected chi connectivity index (χ4v) is 10.2. The molecular weight excluding hydrogens is 814 g/mol. The number of ketones is 1. The normalized spacial score (nSPS) is 13.8. The van der Waals surface area contributed by atoms with Crippen LogP contribution in [-0.2, 0) is 46.8 Å². The number of rotatable bonds is 44. The van der Waals surface area contributed by atoms with Crippen molar-refractivity contribution in [3.8, 4) is 0 Å². The Morgan fingerprint density at radius 2 is 1.10 bits per heavy atom. The van der Waals surface area contributed by atoms with Gasteiger partial charge in [0.2, 0.25) is 0 Å². The zero-order valence-electron chi connectivity index (χ0n) is 38.0. The van der Waals surface area contributed by atoms with Crippen molar-refractivity contribution in [1.29, 1.82) is 0 Å². The number of carboxylic acid groups (broad SMARTS) is 1. The number of carbonyl (C=O) groups excluding carboxylic acids is 4. The van der Waals surface area contributed by atoms with E-state index in [1.807, 2.05) is 14.1 Å². The summed E-state index contributed by atoms with van der Waals surface area (Å²) in [7, 11) is 2.53. The van der Waals surface area contributed by atoms with Crippen molar-refractivity contribution >= 4 is 53.1 Å². The molecule has 0 heterocycles. The van der Waals surface area contributed by atoms with Gasteiger partial charge in [-0.3, -0.25) is 28.0 Å². The highest BCUT2D eigenvalue weighted by Gasteiger charge is 2.31. The van der Waals surface area contributed by atoms with Gasteiger partial charge in [-0.25, -0.2) is 4.57 Å². The van der Waals surface area contributed by atoms with E-state index in [0.717, 1.165) is 38.5 Å². The fourth-order valence-electron chi connectivity index (χ4n) is 6.25. The summed E-state index contributed by atoms with van der Waals surface area (Å²) in [4.78, 5) is 48.3. The quantitative estimate of drug-likeness (QED) is 0.0187. The predicted molar refractivity (Wildman–Crippen MR) is 240 cm³/mol. The van der Waals surface area contributed by atoms with E-state index in [9.17, 15) is 28.8 Å². The summed E-state index contributed by atoms with van der Waals surface area (Å²) >= 11 is 0. The molecule has 0 aliphatic heterocycles. The third-order valence-corrected chi connectivity index (χ3v) is 14.5. The summed E-state index contributed by atoms with van der Waals surface area (Å²) in [6.07, 6.45) is 25.0. The second kappa shape index (κ2) is 38.5. The number of nitrogens with zero attached hydrogens (tertiary/aromatic N) is 1. The lowest BCUT2D eigenvalue weighted by Gasteiger charge is -2.30. The number of aliphatic carboxylic acids is 1. The van der Waals surface area contributed by atoms with E-state index in [1.54, 1.807) is 6.92 Å². The van der Waals surface area contributed by atoms with Crippen LogP contribution >= 0.6 is 29.4 Å². The summed E-state index contributed by atoms with van der Waals surface area (Å²) < 4.78 is 42.1. The highest BCUT2D eigenvalue weighted by atomic mass is 33.1. The molecule has 0 N–H and O–H groups in total. The van der Waals surface area contributed by atoms with E-state index in [0.29, 0.717) is 29.7 Å². The van der Waals surface area contributed by atoms with Crippen LogP contribution in [0.3, 0.4) is 0 Å². The first-order chi connectivity index (χ1) is 28.3. The second-order valence-electron chi connectivity index (χ2n) is 16.3. The van der Waals surface area contributed by atoms with Gasteiger partial charge in [-0.2, -0.15) is 0 Å². The lowest BCUT2D eigenvalue weighted by molar-refractivity contribution is -0.887. The Kier molecular flexibility index (Phi) is 37.8. The van der Waals surface area contributed by atoms with Gasteiger partial charge in [0, 0.05) is 25.2 Å². The Bertz CT molecular complexity index is 1130. The van der Waals surface area contributed by atoms with Gasteiger partial charge in [0.15, 0.2) is 6.10 Å². The van der Waals surface area contributed by atoms with E-state index < -0.39 is 31.1 Å². The number of phosphoric ester groups is 1. The van der Waals surface area contributed by atoms with Crippen molar-refractivity contribution in [2.45, 2.75) is 200 Å². The van der Waals surface area contributed by atoms with Crippen LogP contribution < -0.4 is 5.11 Å². The molecule has 348 valence electrons. The van der Waals surface area contributed by atoms with Gasteiger partial charge in [-0.05, 0) is 26.7 Å². The molecule has 0 aliphatic carbocycles. The molecule has 3 unspecified atom stereocenters. The number of quaternary nitrogens is 1. The van der Waals surface area contributed by atoms with Crippen LogP contribution in [0.5, 0.6) is 0 Å². The molecule has 15 heteroatoms. The summed E-state index contributed by atoms with van der Waals surface area (Å²) in [6.45, 7) is 8.17. The lowest BCUT2D eigenvalue weighted by atomic mass is 10.1. The molecule has 59 heavy (non-hydrogen) atoms. The van der Waals surface area contributed by atoms with Crippen molar-refractivity contribution < 1.29 is 56.4 Å². The van der Waals surface area contributed by atoms with Crippen molar-refractivity contribution in [3.05, 3.63) is 0 Å². The van der Waals surface area contributed by atoms with Crippen LogP contribution in [0.1, 0.15) is 188 Å². The van der Waals surface area contributed by atoms with E-state index in [1.165, 1.54) is 125 Å². The number of ether oxygens (including phenoxy) is 2. The number of phosphoric acid groups is 1. The Hall–Kier alpha value is -1.15. The minimum absolute atomic E-state index is 0.0418. The average Bonchev–Trinajstić information content (AvgIpc) is 3.18. The first kappa shape index (κ1) is 57.9. The lowest BCUT2D eigenvalue weighted by Crippen LogP contribution is -2.43. The Labute approximate surface area is 367 Å². The minimum atomic E-state index is -4.06. The number of Topliss-reactive ketones (excluding diaryl/α,β-unsaturated/α-hetero) is 1. The van der Waals surface area contributed by atoms with Crippen molar-refractivity contribution in [2.75, 3.05) is 59.4 Å². The van der Waals surface area contributed by atoms with Crippen molar-refractivity contribution in [2.24, 2.45) is 0 Å². The highest BCUT2D eigenvalue weighted by Crippen LogP contribution is 2.49. The van der Waals surface area contributed by atoms with Crippen LogP contribution in [-0.4, -0.2) is 98.9 Å². The van der Waals surface area contributed by atoms with Crippen LogP contribution in [0.2, 0.25) is 0 Å². The van der Waals surface area contributed by atoms with Gasteiger partial charge in [-0.15, -0.1) is 0 Å². The molecular formula is C44H84NO11PS2. The number of carboxylic acids is 1. The fraction of sp³-hybridized carbons (Fsp3) is 0.909. The van der Waals surface area contributed by atoms with Gasteiger partial charge in [0.05, 0.1) is 44.9 Å². The van der Waals surface area contributed by atoms with Gasteiger partial charge in [-0.1, -0.05) is 164 Å². The molecule has 3 atom stereocenters. The molecule has 0 bridgehead atoms. The van der Waals surface area contributed by atoms with Crippen molar-refractivity contribution in [1.82, 2.24) is 0 Å². The SMILES string of the molecule is CCCCCCCCCCCCCC(=O)OCC(COP(=O)(OCC)OCC[N+](C)(C)CCSSC(CC(=O)[O-])C(C)=O)OC(=O)CCCCCCCCCCCCC. The molecule has 0 aromatic carbocycles. The highest BCUT2D eigenvalue weighted by molar-refractivity contribution is 8.77. The smallest absolute Gasteiger partial charge is 0.475 e. The van der Waals surface area contributed by atoms with Crippen LogP contribution in [0.25, 0.3) is 0 Å².